The summed E-state index contributed by atoms with van der Waals surface area (Å²) < 4.78 is 10.8. The van der Waals surface area contributed by atoms with Crippen LogP contribution in [-0.4, -0.2) is 19.0 Å². The van der Waals surface area contributed by atoms with Gasteiger partial charge in [-0.1, -0.05) is 11.6 Å². The Bertz CT molecular complexity index is 1370. The molecule has 0 spiro atoms. The van der Waals surface area contributed by atoms with Crippen molar-refractivity contribution in [2.24, 2.45) is 10.7 Å². The van der Waals surface area contributed by atoms with Crippen molar-refractivity contribution in [3.63, 3.8) is 0 Å². The summed E-state index contributed by atoms with van der Waals surface area (Å²) in [5, 5.41) is 6.19. The normalized spacial score (nSPS) is 14.7. The van der Waals surface area contributed by atoms with Gasteiger partial charge in [0, 0.05) is 27.6 Å². The van der Waals surface area contributed by atoms with E-state index in [-0.39, 0.29) is 6.03 Å². The van der Waals surface area contributed by atoms with Crippen LogP contribution in [0.25, 0.3) is 0 Å². The van der Waals surface area contributed by atoms with Gasteiger partial charge < -0.3 is 30.4 Å². The molecule has 1 atom stereocenters. The van der Waals surface area contributed by atoms with Crippen LogP contribution in [-0.2, 0) is 0 Å². The number of furan rings is 1. The fourth-order valence-corrected chi connectivity index (χ4v) is 3.93. The first-order chi connectivity index (χ1) is 17.0. The van der Waals surface area contributed by atoms with Crippen molar-refractivity contribution >= 4 is 46.4 Å². The molecule has 1 aliphatic rings. The van der Waals surface area contributed by atoms with Crippen molar-refractivity contribution in [2.45, 2.75) is 6.17 Å². The smallest absolute Gasteiger partial charge is 0.323 e. The minimum Gasteiger partial charge on any atom is -0.497 e. The predicted molar refractivity (Wildman–Crippen MR) is 138 cm³/mol. The molecule has 0 aliphatic carbocycles. The molecule has 0 fully saturated rings. The van der Waals surface area contributed by atoms with Crippen LogP contribution in [0.3, 0.4) is 0 Å². The number of halogens is 1. The minimum atomic E-state index is -0.509. The molecule has 35 heavy (non-hydrogen) atoms. The Hall–Kier alpha value is -4.27. The van der Waals surface area contributed by atoms with Gasteiger partial charge in [0.15, 0.2) is 0 Å². The molecular weight excluding hydrogens is 466 g/mol. The second kappa shape index (κ2) is 9.54. The Balaban J connectivity index is 1.39. The number of benzene rings is 3. The summed E-state index contributed by atoms with van der Waals surface area (Å²) in [5.74, 6) is 1.87. The van der Waals surface area contributed by atoms with E-state index in [1.54, 1.807) is 49.8 Å². The second-order valence-electron chi connectivity index (χ2n) is 7.79. The number of hydrogen-bond donors (Lipinski definition) is 3. The van der Waals surface area contributed by atoms with Gasteiger partial charge >= 0.3 is 6.03 Å². The van der Waals surface area contributed by atoms with Gasteiger partial charge in [-0.25, -0.2) is 4.79 Å². The molecular formula is C26H22ClN5O3. The first-order valence-corrected chi connectivity index (χ1v) is 11.2. The van der Waals surface area contributed by atoms with Crippen molar-refractivity contribution in [3.05, 3.63) is 101 Å². The molecule has 4 N–H and O–H groups in total. The van der Waals surface area contributed by atoms with E-state index in [2.05, 4.69) is 10.6 Å². The van der Waals surface area contributed by atoms with Gasteiger partial charge in [-0.2, -0.15) is 4.99 Å². The number of amidine groups is 1. The van der Waals surface area contributed by atoms with E-state index in [1.165, 1.54) is 0 Å². The average Bonchev–Trinajstić information content (AvgIpc) is 3.35. The molecule has 9 heteroatoms. The van der Waals surface area contributed by atoms with Crippen molar-refractivity contribution in [1.29, 1.82) is 0 Å². The minimum absolute atomic E-state index is 0.363. The zero-order valence-electron chi connectivity index (χ0n) is 18.7. The molecule has 1 aliphatic heterocycles. The Morgan fingerprint density at radius 2 is 1.60 bits per heavy atom. The second-order valence-corrected chi connectivity index (χ2v) is 8.23. The number of fused-ring (bicyclic) bond motifs is 1. The molecule has 0 bridgehead atoms. The van der Waals surface area contributed by atoms with Gasteiger partial charge in [-0.15, -0.1) is 0 Å². The molecule has 0 radical (unpaired) electrons. The number of nitrogens with one attached hydrogen (secondary N) is 2. The highest BCUT2D eigenvalue weighted by Gasteiger charge is 2.31. The summed E-state index contributed by atoms with van der Waals surface area (Å²) in [6.45, 7) is 0. The lowest BCUT2D eigenvalue weighted by Crippen LogP contribution is -2.41. The lowest BCUT2D eigenvalue weighted by molar-refractivity contribution is 0.262. The molecule has 176 valence electrons. The predicted octanol–water partition coefficient (Wildman–Crippen LogP) is 6.14. The molecule has 4 aromatic rings. The van der Waals surface area contributed by atoms with Crippen LogP contribution in [0.1, 0.15) is 17.3 Å². The Morgan fingerprint density at radius 3 is 2.23 bits per heavy atom. The van der Waals surface area contributed by atoms with Crippen LogP contribution < -0.4 is 26.0 Å². The zero-order chi connectivity index (χ0) is 24.4. The fourth-order valence-electron chi connectivity index (χ4n) is 3.81. The first-order valence-electron chi connectivity index (χ1n) is 10.8. The van der Waals surface area contributed by atoms with Crippen molar-refractivity contribution in [2.75, 3.05) is 22.6 Å². The van der Waals surface area contributed by atoms with E-state index in [0.29, 0.717) is 28.1 Å². The number of anilines is 3. The van der Waals surface area contributed by atoms with Crippen LogP contribution >= 0.6 is 11.6 Å². The Labute approximate surface area is 207 Å². The number of aliphatic imine (C=N–C) groups is 1. The van der Waals surface area contributed by atoms with Gasteiger partial charge in [-0.05, 0) is 78.9 Å². The van der Waals surface area contributed by atoms with E-state index < -0.39 is 6.17 Å². The highest BCUT2D eigenvalue weighted by atomic mass is 35.5. The highest BCUT2D eigenvalue weighted by molar-refractivity contribution is 6.30. The number of carbonyl (C=O) groups excluding carboxylic acids is 1. The first kappa shape index (κ1) is 22.5. The number of rotatable bonds is 5. The van der Waals surface area contributed by atoms with Crippen LogP contribution in [0, 0.1) is 0 Å². The van der Waals surface area contributed by atoms with E-state index in [0.717, 1.165) is 22.6 Å². The number of carbonyl (C=O) groups is 1. The van der Waals surface area contributed by atoms with E-state index in [1.807, 2.05) is 47.4 Å². The summed E-state index contributed by atoms with van der Waals surface area (Å²) in [6.07, 6.45) is 1.07. The van der Waals surface area contributed by atoms with Crippen molar-refractivity contribution in [3.8, 4) is 5.75 Å². The van der Waals surface area contributed by atoms with Crippen molar-refractivity contribution in [1.82, 2.24) is 0 Å². The number of urea groups is 1. The monoisotopic (exact) mass is 487 g/mol. The highest BCUT2D eigenvalue weighted by Crippen LogP contribution is 2.38. The van der Waals surface area contributed by atoms with Gasteiger partial charge in [0.25, 0.3) is 0 Å². The summed E-state index contributed by atoms with van der Waals surface area (Å²) in [4.78, 5) is 19.0. The largest absolute Gasteiger partial charge is 0.497 e. The number of nitrogens with two attached hydrogens (primary N) is 1. The summed E-state index contributed by atoms with van der Waals surface area (Å²) in [6, 6.07) is 23.3. The maximum Gasteiger partial charge on any atom is 0.323 e. The molecule has 2 amide bonds. The number of nitrogens with zero attached hydrogens (tertiary/aromatic N) is 2. The van der Waals surface area contributed by atoms with E-state index >= 15 is 0 Å². The summed E-state index contributed by atoms with van der Waals surface area (Å²) in [5.41, 5.74) is 10.3. The number of amides is 2. The third-order valence-electron chi connectivity index (χ3n) is 5.56. The molecule has 3 aromatic carbocycles. The maximum absolute atomic E-state index is 12.4. The zero-order valence-corrected chi connectivity index (χ0v) is 19.5. The van der Waals surface area contributed by atoms with Gasteiger partial charge in [0.05, 0.1) is 18.9 Å². The summed E-state index contributed by atoms with van der Waals surface area (Å²) in [7, 11) is 1.62. The van der Waals surface area contributed by atoms with Crippen LogP contribution in [0.2, 0.25) is 5.02 Å². The average molecular weight is 488 g/mol. The van der Waals surface area contributed by atoms with E-state index in [9.17, 15) is 4.79 Å². The molecule has 0 saturated carbocycles. The maximum atomic E-state index is 12.4. The van der Waals surface area contributed by atoms with Gasteiger partial charge in [0.1, 0.15) is 17.8 Å². The van der Waals surface area contributed by atoms with Crippen LogP contribution in [0.5, 0.6) is 5.75 Å². The lowest BCUT2D eigenvalue weighted by atomic mass is 10.1. The molecule has 1 aromatic heterocycles. The fraction of sp³-hybridized carbons (Fsp3) is 0.0769. The molecule has 8 nitrogen and oxygen atoms in total. The van der Waals surface area contributed by atoms with E-state index in [4.69, 9.17) is 31.5 Å². The Kier molecular flexibility index (Phi) is 6.13. The Morgan fingerprint density at radius 1 is 0.971 bits per heavy atom. The third kappa shape index (κ3) is 4.70. The quantitative estimate of drug-likeness (QED) is 0.313. The van der Waals surface area contributed by atoms with Crippen molar-refractivity contribution < 1.29 is 13.9 Å². The van der Waals surface area contributed by atoms with Crippen LogP contribution in [0.4, 0.5) is 27.7 Å². The number of hydrogen-bond acceptors (Lipinski definition) is 6. The van der Waals surface area contributed by atoms with Gasteiger partial charge in [0.2, 0.25) is 5.88 Å². The molecule has 5 rings (SSSR count). The summed E-state index contributed by atoms with van der Waals surface area (Å²) >= 11 is 5.89. The van der Waals surface area contributed by atoms with Crippen LogP contribution in [0.15, 0.2) is 94.5 Å². The molecule has 2 heterocycles. The lowest BCUT2D eigenvalue weighted by Gasteiger charge is -2.34. The number of methoxy groups -OCH3 is 1. The topological polar surface area (TPSA) is 105 Å². The molecule has 1 unspecified atom stereocenters. The molecule has 0 saturated heterocycles. The standard InChI is InChI=1S/C26H22ClN5O3/c1-34-21-12-2-16(3-13-21)24-31-25-22(14-15-35-25)23(28)32(24)20-10-8-19(9-11-20)30-26(33)29-18-6-4-17(27)5-7-18/h2-15,23H,28H2,1H3,(H2,29,30,33). The van der Waals surface area contributed by atoms with Gasteiger partial charge in [-0.3, -0.25) is 0 Å². The number of ether oxygens (including phenoxy) is 1. The SMILES string of the molecule is COc1ccc(C2=Nc3occc3C(N)N2c2ccc(NC(=O)Nc3ccc(Cl)cc3)cc2)cc1. The third-order valence-corrected chi connectivity index (χ3v) is 5.81.